The first-order chi connectivity index (χ1) is 34.1. The lowest BCUT2D eigenvalue weighted by Gasteiger charge is -2.72. The third-order valence-electron chi connectivity index (χ3n) is 20.4. The summed E-state index contributed by atoms with van der Waals surface area (Å²) >= 11 is 0. The number of carbonyl (C=O) groups excluding carboxylic acids is 2. The van der Waals surface area contributed by atoms with Gasteiger partial charge in [-0.3, -0.25) is 4.79 Å². The largest absolute Gasteiger partial charge is 0.458 e. The topological polar surface area (TPSA) is 290 Å². The normalized spacial score (nSPS) is 50.5. The first kappa shape index (κ1) is 57.0. The number of ether oxygens (including phenoxy) is 8. The van der Waals surface area contributed by atoms with Crippen molar-refractivity contribution in [2.75, 3.05) is 19.8 Å². The van der Waals surface area contributed by atoms with Gasteiger partial charge < -0.3 is 83.9 Å². The molecule has 0 amide bonds. The van der Waals surface area contributed by atoms with E-state index < -0.39 is 157 Å². The molecule has 7 fully saturated rings. The summed E-state index contributed by atoms with van der Waals surface area (Å²) in [4.78, 5) is 26.3. The predicted octanol–water partition coefficient (Wildman–Crippen LogP) is 2.31. The number of esters is 2. The van der Waals surface area contributed by atoms with Crippen molar-refractivity contribution in [3.8, 4) is 0 Å². The van der Waals surface area contributed by atoms with E-state index in [9.17, 15) is 55.5 Å². The van der Waals surface area contributed by atoms with E-state index in [-0.39, 0.29) is 35.7 Å². The molecule has 8 aliphatic rings. The molecule has 0 bridgehead atoms. The fourth-order valence-electron chi connectivity index (χ4n) is 15.9. The Morgan fingerprint density at radius 2 is 1.48 bits per heavy atom. The van der Waals surface area contributed by atoms with Crippen molar-refractivity contribution in [1.82, 2.24) is 0 Å². The van der Waals surface area contributed by atoms with Crippen molar-refractivity contribution in [2.45, 2.75) is 232 Å². The number of rotatable bonds is 11. The van der Waals surface area contributed by atoms with Gasteiger partial charge in [0, 0.05) is 24.3 Å². The van der Waals surface area contributed by atoms with Crippen molar-refractivity contribution in [2.24, 2.45) is 50.2 Å². The molecule has 4 saturated carbocycles. The van der Waals surface area contributed by atoms with E-state index in [1.165, 1.54) is 13.8 Å². The quantitative estimate of drug-likeness (QED) is 0.0621. The summed E-state index contributed by atoms with van der Waals surface area (Å²) in [6, 6.07) is 0. The van der Waals surface area contributed by atoms with Gasteiger partial charge in [-0.15, -0.1) is 0 Å². The van der Waals surface area contributed by atoms with Crippen LogP contribution in [0.2, 0.25) is 0 Å². The molecular formula is C54H86O19. The molecule has 73 heavy (non-hydrogen) atoms. The van der Waals surface area contributed by atoms with Gasteiger partial charge in [0.1, 0.15) is 61.0 Å². The van der Waals surface area contributed by atoms with E-state index in [0.717, 1.165) is 31.3 Å². The van der Waals surface area contributed by atoms with Gasteiger partial charge in [0.15, 0.2) is 18.9 Å². The summed E-state index contributed by atoms with van der Waals surface area (Å²) < 4.78 is 49.6. The van der Waals surface area contributed by atoms with E-state index in [4.69, 9.17) is 37.9 Å². The molecule has 0 aromatic carbocycles. The molecular weight excluding hydrogens is 953 g/mol. The lowest BCUT2D eigenvalue weighted by molar-refractivity contribution is -0.371. The number of allylic oxidation sites excluding steroid dienone is 3. The molecule has 3 saturated heterocycles. The highest BCUT2D eigenvalue weighted by Gasteiger charge is 2.74. The Bertz CT molecular complexity index is 2080. The molecule has 3 heterocycles. The zero-order chi connectivity index (χ0) is 53.7. The summed E-state index contributed by atoms with van der Waals surface area (Å²) in [6.45, 7) is 20.3. The average molecular weight is 1040 g/mol. The number of hydrogen-bond donors (Lipinski definition) is 9. The standard InChI is InChI=1S/C54H86O19/c1-12-25(2)46(65)73-44-45(68-27(4)57)54(24-56)29(20-49(44,5)6)28-13-14-34-51(9)17-16-36(50(7,8)33(51)15-18-52(34,10)53(28,11)21-35(54)59)71-48-43(72-37-19-30(58)39(61)31(22-55)69-37)40(62)32(23-66-48)70-47-42(64)41(63)38(60)26(3)67-47/h12-13,26,29-45,47-48,55-56,58-64H,14-24H2,1-11H3. The number of hydrogen-bond acceptors (Lipinski definition) is 19. The highest BCUT2D eigenvalue weighted by Crippen LogP contribution is 2.76. The molecule has 8 rings (SSSR count). The molecule has 24 unspecified atom stereocenters. The molecule has 0 radical (unpaired) electrons. The van der Waals surface area contributed by atoms with Gasteiger partial charge in [0.2, 0.25) is 0 Å². The molecule has 9 N–H and O–H groups in total. The minimum absolute atomic E-state index is 0.125. The highest BCUT2D eigenvalue weighted by molar-refractivity contribution is 5.87. The summed E-state index contributed by atoms with van der Waals surface area (Å²) in [6.07, 6.45) is -12.6. The van der Waals surface area contributed by atoms with Gasteiger partial charge in [0.05, 0.1) is 49.7 Å². The maximum Gasteiger partial charge on any atom is 0.333 e. The summed E-state index contributed by atoms with van der Waals surface area (Å²) in [5, 5.41) is 99.1. The Labute approximate surface area is 429 Å². The molecule has 3 aliphatic heterocycles. The SMILES string of the molecule is CC=C(C)C(=O)OC1C(OC(C)=O)C2(CO)C(O)CC3(C)C(=CCC4C5(C)CCC(OC6OCC(OC7OC(C)C(O)C(O)C7O)C(O)C6OC6CC(O)C(O)C(CO)O6)C(C)(C)C5CCC43C)C2CC1(C)C. The van der Waals surface area contributed by atoms with Gasteiger partial charge in [0.25, 0.3) is 0 Å². The Hall–Kier alpha value is -2.18. The maximum absolute atomic E-state index is 13.4. The van der Waals surface area contributed by atoms with Crippen LogP contribution in [0.4, 0.5) is 0 Å². The Morgan fingerprint density at radius 1 is 0.781 bits per heavy atom. The Balaban J connectivity index is 1.06. The van der Waals surface area contributed by atoms with E-state index in [1.54, 1.807) is 19.9 Å². The van der Waals surface area contributed by atoms with Crippen LogP contribution in [0.25, 0.3) is 0 Å². The molecule has 0 spiro atoms. The number of fused-ring (bicyclic) bond motifs is 7. The fraction of sp³-hybridized carbons (Fsp3) is 0.889. The lowest BCUT2D eigenvalue weighted by Crippen LogP contribution is -2.72. The van der Waals surface area contributed by atoms with Crippen molar-refractivity contribution in [1.29, 1.82) is 0 Å². The zero-order valence-corrected chi connectivity index (χ0v) is 44.6. The number of carbonyl (C=O) groups is 2. The number of aliphatic hydroxyl groups excluding tert-OH is 9. The molecule has 19 heteroatoms. The second-order valence-corrected chi connectivity index (χ2v) is 25.1. The molecule has 0 aromatic rings. The number of aliphatic hydroxyl groups is 9. The predicted molar refractivity (Wildman–Crippen MR) is 258 cm³/mol. The fourth-order valence-corrected chi connectivity index (χ4v) is 15.9. The van der Waals surface area contributed by atoms with Gasteiger partial charge in [-0.2, -0.15) is 0 Å². The molecule has 0 aromatic heterocycles. The first-order valence-electron chi connectivity index (χ1n) is 26.7. The van der Waals surface area contributed by atoms with E-state index in [1.807, 2.05) is 13.8 Å². The second kappa shape index (κ2) is 20.6. The second-order valence-electron chi connectivity index (χ2n) is 25.1. The highest BCUT2D eigenvalue weighted by atomic mass is 16.8. The van der Waals surface area contributed by atoms with Crippen molar-refractivity contribution in [3.05, 3.63) is 23.3 Å². The molecule has 416 valence electrons. The van der Waals surface area contributed by atoms with Gasteiger partial charge in [-0.05, 0) is 105 Å². The molecule has 19 nitrogen and oxygen atoms in total. The summed E-state index contributed by atoms with van der Waals surface area (Å²) in [5.41, 5.74) is -2.08. The van der Waals surface area contributed by atoms with E-state index >= 15 is 0 Å². The van der Waals surface area contributed by atoms with Crippen LogP contribution in [0.5, 0.6) is 0 Å². The maximum atomic E-state index is 13.4. The van der Waals surface area contributed by atoms with Crippen LogP contribution in [0.1, 0.15) is 128 Å². The van der Waals surface area contributed by atoms with Crippen LogP contribution in [-0.4, -0.2) is 182 Å². The van der Waals surface area contributed by atoms with E-state index in [2.05, 4.69) is 40.7 Å². The van der Waals surface area contributed by atoms with Crippen molar-refractivity contribution >= 4 is 11.9 Å². The van der Waals surface area contributed by atoms with Gasteiger partial charge >= 0.3 is 11.9 Å². The lowest BCUT2D eigenvalue weighted by atomic mass is 9.33. The summed E-state index contributed by atoms with van der Waals surface area (Å²) in [5.74, 6) is -1.26. The molecule has 5 aliphatic carbocycles. The third-order valence-corrected chi connectivity index (χ3v) is 20.4. The van der Waals surface area contributed by atoms with Crippen LogP contribution in [0.15, 0.2) is 23.3 Å². The van der Waals surface area contributed by atoms with Crippen LogP contribution < -0.4 is 0 Å². The van der Waals surface area contributed by atoms with Crippen molar-refractivity contribution < 1.29 is 93.4 Å². The molecule has 24 atom stereocenters. The van der Waals surface area contributed by atoms with Crippen LogP contribution >= 0.6 is 0 Å². The average Bonchev–Trinajstić information content (AvgIpc) is 3.32. The Kier molecular flexibility index (Phi) is 16.1. The summed E-state index contributed by atoms with van der Waals surface area (Å²) in [7, 11) is 0. The van der Waals surface area contributed by atoms with Crippen LogP contribution in [0.3, 0.4) is 0 Å². The monoisotopic (exact) mass is 1040 g/mol. The third kappa shape index (κ3) is 9.30. The minimum atomic E-state index is -1.66. The van der Waals surface area contributed by atoms with Gasteiger partial charge in [-0.1, -0.05) is 66.2 Å². The van der Waals surface area contributed by atoms with Crippen molar-refractivity contribution in [3.63, 3.8) is 0 Å². The Morgan fingerprint density at radius 3 is 2.12 bits per heavy atom. The minimum Gasteiger partial charge on any atom is -0.458 e. The van der Waals surface area contributed by atoms with E-state index in [0.29, 0.717) is 24.8 Å². The van der Waals surface area contributed by atoms with Crippen LogP contribution in [0, 0.1) is 50.2 Å². The zero-order valence-electron chi connectivity index (χ0n) is 44.6. The smallest absolute Gasteiger partial charge is 0.333 e. The van der Waals surface area contributed by atoms with Crippen LogP contribution in [-0.2, 0) is 47.5 Å². The first-order valence-corrected chi connectivity index (χ1v) is 26.7. The van der Waals surface area contributed by atoms with Gasteiger partial charge in [-0.25, -0.2) is 4.79 Å².